The van der Waals surface area contributed by atoms with Crippen LogP contribution in [0.1, 0.15) is 63.1 Å². The molecule has 1 N–H and O–H groups in total. The van der Waals surface area contributed by atoms with E-state index in [2.05, 4.69) is 43.0 Å². The Morgan fingerprint density at radius 3 is 2.26 bits per heavy atom. The summed E-state index contributed by atoms with van der Waals surface area (Å²) in [6.45, 7) is 6.71. The van der Waals surface area contributed by atoms with Crippen molar-refractivity contribution in [2.24, 2.45) is 5.92 Å². The van der Waals surface area contributed by atoms with Crippen LogP contribution in [-0.2, 0) is 4.79 Å². The summed E-state index contributed by atoms with van der Waals surface area (Å²) in [6.07, 6.45) is 7.84. The highest BCUT2D eigenvalue weighted by Gasteiger charge is 2.49. The number of piperidine rings is 1. The van der Waals surface area contributed by atoms with E-state index in [1.165, 1.54) is 5.69 Å². The number of rotatable bonds is 9. The lowest BCUT2D eigenvalue weighted by Crippen LogP contribution is -2.56. The van der Waals surface area contributed by atoms with Crippen molar-refractivity contribution in [1.82, 2.24) is 4.90 Å². The number of anilines is 1. The van der Waals surface area contributed by atoms with Crippen molar-refractivity contribution in [2.45, 2.75) is 57.6 Å². The smallest absolute Gasteiger partial charge is 0.247 e. The van der Waals surface area contributed by atoms with Crippen molar-refractivity contribution in [3.63, 3.8) is 0 Å². The molecule has 1 amide bonds. The Morgan fingerprint density at radius 1 is 1.03 bits per heavy atom. The zero-order valence-corrected chi connectivity index (χ0v) is 23.4. The molecule has 1 aliphatic carbocycles. The molecule has 1 heterocycles. The van der Waals surface area contributed by atoms with Gasteiger partial charge in [0.25, 0.3) is 0 Å². The zero-order valence-electron chi connectivity index (χ0n) is 23.4. The molecule has 206 valence electrons. The van der Waals surface area contributed by atoms with Gasteiger partial charge in [0.15, 0.2) is 11.5 Å². The number of methoxy groups -OCH3 is 3. The number of carbonyl (C=O) groups excluding carboxylic acids is 1. The highest BCUT2D eigenvalue weighted by Crippen LogP contribution is 2.49. The van der Waals surface area contributed by atoms with Crippen LogP contribution in [0, 0.1) is 5.92 Å². The van der Waals surface area contributed by atoms with E-state index >= 15 is 0 Å². The first-order chi connectivity index (χ1) is 18.4. The van der Waals surface area contributed by atoms with Crippen LogP contribution in [0.25, 0.3) is 6.08 Å². The fourth-order valence-electron chi connectivity index (χ4n) is 6.27. The van der Waals surface area contributed by atoms with Crippen LogP contribution in [0.4, 0.5) is 5.69 Å². The molecule has 7 heteroatoms. The van der Waals surface area contributed by atoms with Crippen LogP contribution in [0.5, 0.6) is 17.2 Å². The number of ether oxygens (including phenoxy) is 3. The molecule has 2 fully saturated rings. The normalized spacial score (nSPS) is 23.2. The van der Waals surface area contributed by atoms with Gasteiger partial charge in [-0.3, -0.25) is 4.79 Å². The second-order valence-electron chi connectivity index (χ2n) is 10.2. The molecule has 0 unspecified atom stereocenters. The van der Waals surface area contributed by atoms with Gasteiger partial charge in [-0.1, -0.05) is 25.0 Å². The van der Waals surface area contributed by atoms with Crippen LogP contribution in [-0.4, -0.2) is 62.5 Å². The maximum Gasteiger partial charge on any atom is 0.247 e. The van der Waals surface area contributed by atoms with Gasteiger partial charge in [0, 0.05) is 37.3 Å². The second-order valence-corrected chi connectivity index (χ2v) is 10.2. The highest BCUT2D eigenvalue weighted by atomic mass is 16.5. The van der Waals surface area contributed by atoms with Gasteiger partial charge in [-0.2, -0.15) is 0 Å². The van der Waals surface area contributed by atoms with Crippen LogP contribution < -0.4 is 19.1 Å². The molecular formula is C31H42N2O5. The largest absolute Gasteiger partial charge is 0.493 e. The van der Waals surface area contributed by atoms with E-state index in [-0.39, 0.29) is 17.9 Å². The van der Waals surface area contributed by atoms with E-state index in [0.29, 0.717) is 30.2 Å². The molecule has 2 aromatic carbocycles. The van der Waals surface area contributed by atoms with Crippen molar-refractivity contribution in [3.05, 3.63) is 53.6 Å². The minimum absolute atomic E-state index is 0.0165. The molecule has 0 aromatic heterocycles. The van der Waals surface area contributed by atoms with Crippen molar-refractivity contribution in [2.75, 3.05) is 45.9 Å². The molecule has 2 aliphatic rings. The maximum atomic E-state index is 13.7. The van der Waals surface area contributed by atoms with E-state index in [1.54, 1.807) is 33.5 Å². The molecule has 1 saturated heterocycles. The number of amides is 1. The SMILES string of the molecule is CCN(CC)c1ccc([C@H]2[C@H]3CCCC[C@@]3(O)CCN2C(=O)/C=C/c2cc(OC)c(OC)c(OC)c2)cc1. The number of carbonyl (C=O) groups is 1. The average molecular weight is 523 g/mol. The molecular weight excluding hydrogens is 480 g/mol. The Bertz CT molecular complexity index is 1100. The molecule has 0 radical (unpaired) electrons. The van der Waals surface area contributed by atoms with Gasteiger partial charge in [-0.25, -0.2) is 0 Å². The van der Waals surface area contributed by atoms with E-state index in [9.17, 15) is 9.90 Å². The Kier molecular flexibility index (Phi) is 8.87. The lowest BCUT2D eigenvalue weighted by atomic mass is 9.66. The molecule has 1 aliphatic heterocycles. The summed E-state index contributed by atoms with van der Waals surface area (Å²) in [5, 5.41) is 11.6. The lowest BCUT2D eigenvalue weighted by Gasteiger charge is -2.52. The van der Waals surface area contributed by atoms with Gasteiger partial charge in [0.05, 0.1) is 33.0 Å². The lowest BCUT2D eigenvalue weighted by molar-refractivity contribution is -0.150. The molecule has 7 nitrogen and oxygen atoms in total. The van der Waals surface area contributed by atoms with E-state index in [4.69, 9.17) is 14.2 Å². The number of aliphatic hydroxyl groups is 1. The third kappa shape index (κ3) is 5.48. The van der Waals surface area contributed by atoms with Crippen molar-refractivity contribution < 1.29 is 24.1 Å². The number of likely N-dealkylation sites (tertiary alicyclic amines) is 1. The first-order valence-electron chi connectivity index (χ1n) is 13.7. The monoisotopic (exact) mass is 522 g/mol. The molecule has 3 atom stereocenters. The molecule has 2 aromatic rings. The summed E-state index contributed by atoms with van der Waals surface area (Å²) >= 11 is 0. The van der Waals surface area contributed by atoms with Gasteiger partial charge < -0.3 is 29.1 Å². The van der Waals surface area contributed by atoms with E-state index in [1.807, 2.05) is 17.0 Å². The van der Waals surface area contributed by atoms with Gasteiger partial charge in [-0.15, -0.1) is 0 Å². The van der Waals surface area contributed by atoms with Gasteiger partial charge in [-0.05, 0) is 74.6 Å². The zero-order chi connectivity index (χ0) is 27.3. The first kappa shape index (κ1) is 27.8. The summed E-state index contributed by atoms with van der Waals surface area (Å²) in [5.41, 5.74) is 2.31. The van der Waals surface area contributed by atoms with Gasteiger partial charge >= 0.3 is 0 Å². The predicted octanol–water partition coefficient (Wildman–Crippen LogP) is 5.47. The Labute approximate surface area is 227 Å². The van der Waals surface area contributed by atoms with E-state index < -0.39 is 5.60 Å². The summed E-state index contributed by atoms with van der Waals surface area (Å²) in [5.74, 6) is 1.54. The number of benzene rings is 2. The number of hydrogen-bond acceptors (Lipinski definition) is 6. The minimum atomic E-state index is -0.725. The molecule has 1 saturated carbocycles. The van der Waals surface area contributed by atoms with Crippen molar-refractivity contribution in [3.8, 4) is 17.2 Å². The molecule has 38 heavy (non-hydrogen) atoms. The topological polar surface area (TPSA) is 71.5 Å². The maximum absolute atomic E-state index is 13.7. The molecule has 0 bridgehead atoms. The fourth-order valence-corrected chi connectivity index (χ4v) is 6.27. The molecule has 0 spiro atoms. The summed E-state index contributed by atoms with van der Waals surface area (Å²) < 4.78 is 16.3. The summed E-state index contributed by atoms with van der Waals surface area (Å²) in [6, 6.07) is 12.1. The highest BCUT2D eigenvalue weighted by molar-refractivity contribution is 5.92. The van der Waals surface area contributed by atoms with Crippen LogP contribution in [0.2, 0.25) is 0 Å². The van der Waals surface area contributed by atoms with Gasteiger partial charge in [0.2, 0.25) is 11.7 Å². The Morgan fingerprint density at radius 2 is 1.68 bits per heavy atom. The summed E-state index contributed by atoms with van der Waals surface area (Å²) in [4.78, 5) is 18.0. The quantitative estimate of drug-likeness (QED) is 0.441. The second kappa shape index (κ2) is 12.1. The molecule has 4 rings (SSSR count). The van der Waals surface area contributed by atoms with Crippen LogP contribution in [0.15, 0.2) is 42.5 Å². The number of fused-ring (bicyclic) bond motifs is 1. The van der Waals surface area contributed by atoms with Crippen LogP contribution >= 0.6 is 0 Å². The standard InChI is InChI=1S/C31H42N2O5/c1-6-32(7-2)24-14-12-23(13-15-24)29-25-10-8-9-17-31(25,35)18-19-33(29)28(34)16-11-22-20-26(36-3)30(38-5)27(21-22)37-4/h11-16,20-21,25,29,35H,6-10,17-19H2,1-5H3/b16-11+/t25-,29+,31-/m1/s1. The third-order valence-electron chi connectivity index (χ3n) is 8.32. The number of hydrogen-bond donors (Lipinski definition) is 1. The average Bonchev–Trinajstić information content (AvgIpc) is 2.95. The Hall–Kier alpha value is -3.19. The number of nitrogens with zero attached hydrogens (tertiary/aromatic N) is 2. The van der Waals surface area contributed by atoms with Gasteiger partial charge in [0.1, 0.15) is 0 Å². The fraction of sp³-hybridized carbons (Fsp3) is 0.516. The van der Waals surface area contributed by atoms with E-state index in [0.717, 1.165) is 49.9 Å². The third-order valence-corrected chi connectivity index (χ3v) is 8.32. The first-order valence-corrected chi connectivity index (χ1v) is 13.7. The van der Waals surface area contributed by atoms with Crippen LogP contribution in [0.3, 0.4) is 0 Å². The minimum Gasteiger partial charge on any atom is -0.493 e. The predicted molar refractivity (Wildman–Crippen MR) is 151 cm³/mol. The Balaban J connectivity index is 1.65. The van der Waals surface area contributed by atoms with Crippen molar-refractivity contribution >= 4 is 17.7 Å². The summed E-state index contributed by atoms with van der Waals surface area (Å²) in [7, 11) is 4.72. The van der Waals surface area contributed by atoms with Crippen molar-refractivity contribution in [1.29, 1.82) is 0 Å².